The Bertz CT molecular complexity index is 770. The number of hydrogen-bond donors (Lipinski definition) is 2. The number of rotatable bonds is 0. The van der Waals surface area contributed by atoms with Crippen LogP contribution in [0.5, 0.6) is 0 Å². The summed E-state index contributed by atoms with van der Waals surface area (Å²) in [5.74, 6) is -0.875. The third-order valence-electron chi connectivity index (χ3n) is 3.59. The maximum atomic E-state index is 12.5. The van der Waals surface area contributed by atoms with Gasteiger partial charge in [-0.1, -0.05) is 0 Å². The zero-order valence-corrected chi connectivity index (χ0v) is 10.9. The smallest absolute Gasteiger partial charge is 0.248 e. The van der Waals surface area contributed by atoms with E-state index in [1.54, 1.807) is 19.9 Å². The molecule has 2 atom stereocenters. The van der Waals surface area contributed by atoms with E-state index in [0.717, 1.165) is 0 Å². The van der Waals surface area contributed by atoms with Crippen LogP contribution in [0.4, 0.5) is 0 Å². The third-order valence-corrected chi connectivity index (χ3v) is 3.59. The van der Waals surface area contributed by atoms with Gasteiger partial charge in [-0.2, -0.15) is 0 Å². The van der Waals surface area contributed by atoms with Crippen molar-refractivity contribution in [2.75, 3.05) is 0 Å². The summed E-state index contributed by atoms with van der Waals surface area (Å²) in [6.45, 7) is 3.31. The van der Waals surface area contributed by atoms with E-state index < -0.39 is 22.4 Å². The van der Waals surface area contributed by atoms with Crippen LogP contribution in [0.1, 0.15) is 33.3 Å². The van der Waals surface area contributed by atoms with Crippen LogP contribution in [0.25, 0.3) is 0 Å². The largest absolute Gasteiger partial charge is 0.628 e. The molecule has 0 aromatic carbocycles. The second-order valence-corrected chi connectivity index (χ2v) is 5.08. The summed E-state index contributed by atoms with van der Waals surface area (Å²) in [6.07, 6.45) is 2.91. The number of nitrogens with one attached hydrogen (secondary N) is 2. The van der Waals surface area contributed by atoms with E-state index in [2.05, 4.69) is 4.98 Å². The molecule has 102 valence electrons. The second kappa shape index (κ2) is 4.09. The van der Waals surface area contributed by atoms with E-state index >= 15 is 0 Å². The number of Topliss-reactive ketones (excluding diaryl/α,β-unsaturated/α-hetero) is 2. The molecule has 0 fully saturated rings. The van der Waals surface area contributed by atoms with Crippen LogP contribution in [-0.2, 0) is 0 Å². The molecule has 0 saturated heterocycles. The molecule has 2 N–H and O–H groups in total. The first-order valence-electron chi connectivity index (χ1n) is 6.16. The Hall–Kier alpha value is -2.31. The number of fused-ring (bicyclic) bond motifs is 2. The number of quaternary nitrogens is 1. The third kappa shape index (κ3) is 1.62. The molecule has 0 radical (unpaired) electrons. The average molecular weight is 272 g/mol. The van der Waals surface area contributed by atoms with Crippen LogP contribution < -0.4 is 10.6 Å². The molecule has 2 unspecified atom stereocenters. The molecule has 0 spiro atoms. The van der Waals surface area contributed by atoms with E-state index in [-0.39, 0.29) is 22.6 Å². The molecular weight excluding hydrogens is 260 g/mol. The molecule has 1 aromatic rings. The van der Waals surface area contributed by atoms with Crippen molar-refractivity contribution >= 4 is 11.6 Å². The molecule has 0 bridgehead atoms. The average Bonchev–Trinajstić information content (AvgIpc) is 2.34. The normalized spacial score (nSPS) is 24.8. The first-order valence-corrected chi connectivity index (χ1v) is 6.16. The zero-order chi connectivity index (χ0) is 14.6. The fourth-order valence-corrected chi connectivity index (χ4v) is 2.75. The molecule has 0 amide bonds. The summed E-state index contributed by atoms with van der Waals surface area (Å²) in [4.78, 5) is 38.8. The fraction of sp³-hybridized carbons (Fsp3) is 0.214. The number of aromatic nitrogens is 1. The predicted molar refractivity (Wildman–Crippen MR) is 70.4 cm³/mol. The van der Waals surface area contributed by atoms with Crippen LogP contribution in [0.3, 0.4) is 0 Å². The van der Waals surface area contributed by atoms with Crippen molar-refractivity contribution in [2.24, 2.45) is 0 Å². The van der Waals surface area contributed by atoms with Gasteiger partial charge in [-0.25, -0.2) is 0 Å². The van der Waals surface area contributed by atoms with Gasteiger partial charge in [0.05, 0.1) is 17.3 Å². The maximum Gasteiger partial charge on any atom is 0.248 e. The molecule has 6 heteroatoms. The lowest BCUT2D eigenvalue weighted by atomic mass is 9.81. The monoisotopic (exact) mass is 272 g/mol. The van der Waals surface area contributed by atoms with Crippen molar-refractivity contribution in [1.29, 1.82) is 0 Å². The highest BCUT2D eigenvalue weighted by Crippen LogP contribution is 2.26. The van der Waals surface area contributed by atoms with Gasteiger partial charge in [0.25, 0.3) is 0 Å². The zero-order valence-electron chi connectivity index (χ0n) is 10.9. The lowest BCUT2D eigenvalue weighted by molar-refractivity contribution is -0.803. The quantitative estimate of drug-likeness (QED) is 0.631. The van der Waals surface area contributed by atoms with E-state index in [1.807, 2.05) is 0 Å². The Morgan fingerprint density at radius 2 is 1.95 bits per heavy atom. The van der Waals surface area contributed by atoms with E-state index in [4.69, 9.17) is 0 Å². The van der Waals surface area contributed by atoms with Gasteiger partial charge in [0.2, 0.25) is 11.3 Å². The van der Waals surface area contributed by atoms with Crippen molar-refractivity contribution in [2.45, 2.75) is 19.9 Å². The molecule has 3 rings (SSSR count). The summed E-state index contributed by atoms with van der Waals surface area (Å²) in [5.41, 5.74) is 0.976. The van der Waals surface area contributed by atoms with E-state index in [9.17, 15) is 19.6 Å². The number of allylic oxidation sites excluding steroid dienone is 2. The molecule has 6 nitrogen and oxygen atoms in total. The lowest BCUT2D eigenvalue weighted by Gasteiger charge is -2.34. The first kappa shape index (κ1) is 12.7. The minimum absolute atomic E-state index is 0.0524. The van der Waals surface area contributed by atoms with Crippen molar-refractivity contribution in [3.8, 4) is 0 Å². The Kier molecular flexibility index (Phi) is 2.60. The maximum absolute atomic E-state index is 12.5. The lowest BCUT2D eigenvalue weighted by Crippen LogP contribution is -3.09. The van der Waals surface area contributed by atoms with Crippen LogP contribution in [0, 0.1) is 12.1 Å². The van der Waals surface area contributed by atoms with E-state index in [1.165, 1.54) is 12.3 Å². The van der Waals surface area contributed by atoms with Gasteiger partial charge in [0, 0.05) is 11.6 Å². The van der Waals surface area contributed by atoms with Gasteiger partial charge in [0.15, 0.2) is 11.8 Å². The Morgan fingerprint density at radius 3 is 2.65 bits per heavy atom. The summed E-state index contributed by atoms with van der Waals surface area (Å²) < 4.78 is 0. The van der Waals surface area contributed by atoms with Crippen LogP contribution in [0.2, 0.25) is 0 Å². The number of carbonyl (C=O) groups is 2. The molecule has 0 saturated carbocycles. The topological polar surface area (TPSA) is 94.5 Å². The number of carbonyl (C=O) groups excluding carboxylic acids is 2. The molecular formula is C14H12N2O4. The van der Waals surface area contributed by atoms with Crippen molar-refractivity contribution in [3.05, 3.63) is 61.9 Å². The summed E-state index contributed by atoms with van der Waals surface area (Å²) >= 11 is 0. The van der Waals surface area contributed by atoms with Gasteiger partial charge in [-0.3, -0.25) is 14.4 Å². The Morgan fingerprint density at radius 1 is 1.25 bits per heavy atom. The van der Waals surface area contributed by atoms with Crippen molar-refractivity contribution in [1.82, 2.24) is 4.98 Å². The minimum Gasteiger partial charge on any atom is -0.628 e. The molecule has 1 aliphatic carbocycles. The minimum atomic E-state index is -1.11. The Balaban J connectivity index is 2.31. The molecule has 2 aliphatic rings. The fourth-order valence-electron chi connectivity index (χ4n) is 2.75. The van der Waals surface area contributed by atoms with Crippen LogP contribution in [-0.4, -0.2) is 22.6 Å². The van der Waals surface area contributed by atoms with Gasteiger partial charge >= 0.3 is 0 Å². The van der Waals surface area contributed by atoms with Crippen LogP contribution in [0.15, 0.2) is 34.3 Å². The number of hydroxylamine groups is 2. The second-order valence-electron chi connectivity index (χ2n) is 5.08. The molecule has 2 heterocycles. The van der Waals surface area contributed by atoms with E-state index in [0.29, 0.717) is 11.1 Å². The number of ketones is 2. The number of aryl methyl sites for hydroxylation is 1. The predicted octanol–water partition coefficient (Wildman–Crippen LogP) is -0.343. The summed E-state index contributed by atoms with van der Waals surface area (Å²) in [7, 11) is 0. The number of pyridine rings is 1. The number of H-pyrrole nitrogens is 1. The highest BCUT2D eigenvalue weighted by molar-refractivity contribution is 6.24. The van der Waals surface area contributed by atoms with Gasteiger partial charge in [-0.15, -0.1) is 0 Å². The number of hydrogen-bond acceptors (Lipinski definition) is 4. The van der Waals surface area contributed by atoms with Gasteiger partial charge in [-0.05, 0) is 25.5 Å². The molecule has 1 aliphatic heterocycles. The summed E-state index contributed by atoms with van der Waals surface area (Å²) in [5, 5.41) is 11.6. The Labute approximate surface area is 114 Å². The SMILES string of the molecule is CC1=C[NH+]([O-])C2C(=O)c3[nH]c(=O)cc(C)c3C(=O)C2=C1. The standard InChI is InChI=1S/C14H12N2O4/c1-6-3-8-12(16(20)5-6)14(19)11-10(13(8)18)7(2)4-9(17)15-11/h3-5,12,16H,1-2H3,(H,15,17). The first-order chi connectivity index (χ1) is 9.40. The van der Waals surface area contributed by atoms with Gasteiger partial charge < -0.3 is 15.3 Å². The molecule has 20 heavy (non-hydrogen) atoms. The highest BCUT2D eigenvalue weighted by atomic mass is 16.5. The van der Waals surface area contributed by atoms with Gasteiger partial charge in [0.1, 0.15) is 5.69 Å². The number of aromatic amines is 1. The highest BCUT2D eigenvalue weighted by Gasteiger charge is 2.43. The van der Waals surface area contributed by atoms with Crippen molar-refractivity contribution in [3.63, 3.8) is 0 Å². The van der Waals surface area contributed by atoms with Crippen LogP contribution >= 0.6 is 0 Å². The summed E-state index contributed by atoms with van der Waals surface area (Å²) in [6, 6.07) is 0.161. The molecule has 1 aromatic heterocycles. The van der Waals surface area contributed by atoms with Crippen molar-refractivity contribution < 1.29 is 14.7 Å².